The van der Waals surface area contributed by atoms with E-state index in [0.29, 0.717) is 19.0 Å². The highest BCUT2D eigenvalue weighted by Crippen LogP contribution is 2.36. The number of piperidine rings is 1. The van der Waals surface area contributed by atoms with Crippen LogP contribution in [0, 0.1) is 12.8 Å². The Morgan fingerprint density at radius 1 is 1.00 bits per heavy atom. The van der Waals surface area contributed by atoms with Gasteiger partial charge in [0.15, 0.2) is 0 Å². The molecule has 1 saturated heterocycles. The molecule has 5 heteroatoms. The number of carbonyl (C=O) groups is 1. The van der Waals surface area contributed by atoms with Crippen molar-refractivity contribution in [2.24, 2.45) is 5.92 Å². The number of aryl methyl sites for hydroxylation is 1. The first kappa shape index (κ1) is 17.4. The first-order valence-electron chi connectivity index (χ1n) is 9.74. The third-order valence-corrected chi connectivity index (χ3v) is 6.92. The summed E-state index contributed by atoms with van der Waals surface area (Å²) in [6.45, 7) is 4.16. The van der Waals surface area contributed by atoms with Crippen LogP contribution in [-0.4, -0.2) is 28.5 Å². The van der Waals surface area contributed by atoms with Crippen LogP contribution in [0.3, 0.4) is 0 Å². The van der Waals surface area contributed by atoms with E-state index >= 15 is 0 Å². The molecule has 0 N–H and O–H groups in total. The van der Waals surface area contributed by atoms with Crippen LogP contribution in [0.4, 0.5) is 0 Å². The van der Waals surface area contributed by atoms with Gasteiger partial charge in [0.2, 0.25) is 0 Å². The Morgan fingerprint density at radius 2 is 1.86 bits per heavy atom. The van der Waals surface area contributed by atoms with Crippen molar-refractivity contribution in [3.8, 4) is 11.1 Å². The van der Waals surface area contributed by atoms with Gasteiger partial charge in [-0.1, -0.05) is 30.3 Å². The van der Waals surface area contributed by atoms with Crippen molar-refractivity contribution >= 4 is 17.2 Å². The van der Waals surface area contributed by atoms with E-state index in [4.69, 9.17) is 0 Å². The topological polar surface area (TPSA) is 42.3 Å². The highest BCUT2D eigenvalue weighted by atomic mass is 32.1. The van der Waals surface area contributed by atoms with E-state index in [1.165, 1.54) is 11.3 Å². The van der Waals surface area contributed by atoms with Crippen molar-refractivity contribution in [3.63, 3.8) is 0 Å². The van der Waals surface area contributed by atoms with Crippen molar-refractivity contribution in [1.29, 1.82) is 0 Å². The number of nitrogens with zero attached hydrogens (tertiary/aromatic N) is 2. The lowest BCUT2D eigenvalue weighted by molar-refractivity contribution is 0.0599. The second-order valence-corrected chi connectivity index (χ2v) is 8.84. The van der Waals surface area contributed by atoms with E-state index in [0.717, 1.165) is 40.2 Å². The smallest absolute Gasteiger partial charge is 0.263 e. The van der Waals surface area contributed by atoms with Crippen LogP contribution >= 0.6 is 11.3 Å². The van der Waals surface area contributed by atoms with E-state index in [9.17, 15) is 9.59 Å². The number of pyridine rings is 1. The lowest BCUT2D eigenvalue weighted by atomic mass is 9.82. The number of fused-ring (bicyclic) bond motifs is 4. The van der Waals surface area contributed by atoms with Gasteiger partial charge in [-0.25, -0.2) is 0 Å². The van der Waals surface area contributed by atoms with Crippen LogP contribution in [-0.2, 0) is 6.54 Å². The summed E-state index contributed by atoms with van der Waals surface area (Å²) in [7, 11) is 0. The van der Waals surface area contributed by atoms with Gasteiger partial charge in [0.25, 0.3) is 11.5 Å². The molecule has 1 fully saturated rings. The van der Waals surface area contributed by atoms with Gasteiger partial charge in [0, 0.05) is 36.8 Å². The Bertz CT molecular complexity index is 1100. The molecule has 4 nitrogen and oxygen atoms in total. The molecule has 2 aliphatic heterocycles. The summed E-state index contributed by atoms with van der Waals surface area (Å²) < 4.78 is 1.97. The quantitative estimate of drug-likeness (QED) is 0.660. The van der Waals surface area contributed by atoms with Crippen molar-refractivity contribution in [2.45, 2.75) is 25.8 Å². The number of hydrogen-bond donors (Lipinski definition) is 0. The Balaban J connectivity index is 1.50. The maximum atomic E-state index is 13.3. The molecule has 1 aromatic carbocycles. The third-order valence-electron chi connectivity index (χ3n) is 6.06. The van der Waals surface area contributed by atoms with Gasteiger partial charge in [0.05, 0.1) is 4.88 Å². The van der Waals surface area contributed by atoms with E-state index in [-0.39, 0.29) is 17.4 Å². The molecule has 0 saturated carbocycles. The summed E-state index contributed by atoms with van der Waals surface area (Å²) in [6.07, 6.45) is 1.05. The lowest BCUT2D eigenvalue weighted by Gasteiger charge is -2.42. The highest BCUT2D eigenvalue weighted by molar-refractivity contribution is 7.12. The Labute approximate surface area is 168 Å². The number of benzene rings is 1. The van der Waals surface area contributed by atoms with Crippen LogP contribution in [0.15, 0.2) is 58.7 Å². The van der Waals surface area contributed by atoms with Gasteiger partial charge >= 0.3 is 0 Å². The van der Waals surface area contributed by atoms with Crippen molar-refractivity contribution in [1.82, 2.24) is 9.47 Å². The number of amides is 1. The summed E-state index contributed by atoms with van der Waals surface area (Å²) >= 11 is 1.50. The van der Waals surface area contributed by atoms with Crippen molar-refractivity contribution < 1.29 is 4.79 Å². The molecular formula is C23H22N2O2S. The number of thiophene rings is 1. The highest BCUT2D eigenvalue weighted by Gasteiger charge is 2.37. The molecule has 2 bridgehead atoms. The van der Waals surface area contributed by atoms with Gasteiger partial charge in [0.1, 0.15) is 0 Å². The number of rotatable bonds is 2. The number of aromatic nitrogens is 1. The van der Waals surface area contributed by atoms with Gasteiger partial charge < -0.3 is 9.47 Å². The first-order chi connectivity index (χ1) is 13.6. The van der Waals surface area contributed by atoms with Crippen LogP contribution in [0.2, 0.25) is 0 Å². The minimum Gasteiger partial charge on any atom is -0.337 e. The second-order valence-electron chi connectivity index (χ2n) is 7.89. The zero-order chi connectivity index (χ0) is 19.3. The van der Waals surface area contributed by atoms with Crippen LogP contribution < -0.4 is 5.56 Å². The zero-order valence-corrected chi connectivity index (χ0v) is 16.6. The molecule has 0 radical (unpaired) electrons. The van der Waals surface area contributed by atoms with Gasteiger partial charge in [-0.2, -0.15) is 0 Å². The number of likely N-dealkylation sites (tertiary alicyclic amines) is 1. The molecule has 1 amide bonds. The number of hydrogen-bond acceptors (Lipinski definition) is 3. The van der Waals surface area contributed by atoms with Crippen molar-refractivity contribution in [2.75, 3.05) is 13.1 Å². The summed E-state index contributed by atoms with van der Waals surface area (Å²) in [6, 6.07) is 15.9. The van der Waals surface area contributed by atoms with E-state index in [1.807, 2.05) is 64.2 Å². The summed E-state index contributed by atoms with van der Waals surface area (Å²) in [5.74, 6) is 0.687. The molecule has 2 aliphatic rings. The third kappa shape index (κ3) is 2.81. The largest absolute Gasteiger partial charge is 0.337 e. The van der Waals surface area contributed by atoms with Crippen LogP contribution in [0.1, 0.15) is 33.3 Å². The van der Waals surface area contributed by atoms with Gasteiger partial charge in [-0.05, 0) is 54.0 Å². The minimum atomic E-state index is 0.0968. The fourth-order valence-corrected chi connectivity index (χ4v) is 5.44. The molecule has 4 heterocycles. The summed E-state index contributed by atoms with van der Waals surface area (Å²) in [5.41, 5.74) is 4.06. The zero-order valence-electron chi connectivity index (χ0n) is 15.8. The van der Waals surface area contributed by atoms with E-state index in [2.05, 4.69) is 6.07 Å². The fourth-order valence-electron chi connectivity index (χ4n) is 4.75. The summed E-state index contributed by atoms with van der Waals surface area (Å²) in [5, 5.41) is 1.94. The predicted molar refractivity (Wildman–Crippen MR) is 112 cm³/mol. The first-order valence-corrected chi connectivity index (χ1v) is 10.6. The Hall–Kier alpha value is -2.66. The van der Waals surface area contributed by atoms with Crippen molar-refractivity contribution in [3.05, 3.63) is 80.4 Å². The Morgan fingerprint density at radius 3 is 2.64 bits per heavy atom. The molecule has 0 spiro atoms. The minimum absolute atomic E-state index is 0.0968. The lowest BCUT2D eigenvalue weighted by Crippen LogP contribution is -2.49. The predicted octanol–water partition coefficient (Wildman–Crippen LogP) is 4.14. The molecule has 28 heavy (non-hydrogen) atoms. The summed E-state index contributed by atoms with van der Waals surface area (Å²) in [4.78, 5) is 28.9. The molecule has 2 aromatic heterocycles. The van der Waals surface area contributed by atoms with E-state index in [1.54, 1.807) is 0 Å². The molecule has 142 valence electrons. The molecule has 0 aliphatic carbocycles. The van der Waals surface area contributed by atoms with E-state index < -0.39 is 0 Å². The SMILES string of the molecule is Cc1ccccc1-c1ccc2n(c1=O)C[C@@H]1C[C@@H]2CN(C(=O)c2cccs2)C1. The standard InChI is InChI=1S/C23H22N2O2S/c1-15-5-2-3-6-18(15)19-8-9-20-17-11-16(13-25(20)22(19)26)12-24(14-17)23(27)21-7-4-10-28-21/h2-10,16-17H,11-14H2,1H3/t16-,17-/m1/s1. The molecule has 2 atom stereocenters. The normalized spacial score (nSPS) is 20.7. The van der Waals surface area contributed by atoms with Gasteiger partial charge in [-0.15, -0.1) is 11.3 Å². The second kappa shape index (κ2) is 6.74. The van der Waals surface area contributed by atoms with Crippen LogP contribution in [0.5, 0.6) is 0 Å². The molecular weight excluding hydrogens is 368 g/mol. The maximum Gasteiger partial charge on any atom is 0.263 e. The molecule has 0 unspecified atom stereocenters. The average molecular weight is 391 g/mol. The fraction of sp³-hybridized carbons (Fsp3) is 0.304. The van der Waals surface area contributed by atoms with Crippen LogP contribution in [0.25, 0.3) is 11.1 Å². The monoisotopic (exact) mass is 390 g/mol. The number of carbonyl (C=O) groups excluding carboxylic acids is 1. The van der Waals surface area contributed by atoms with Gasteiger partial charge in [-0.3, -0.25) is 9.59 Å². The average Bonchev–Trinajstić information content (AvgIpc) is 3.24. The molecule has 3 aromatic rings. The maximum absolute atomic E-state index is 13.3. The Kier molecular flexibility index (Phi) is 4.20. The molecule has 5 rings (SSSR count).